The minimum absolute atomic E-state index is 0.0188. The van der Waals surface area contributed by atoms with Crippen molar-refractivity contribution in [3.8, 4) is 0 Å². The molecule has 0 aliphatic heterocycles. The van der Waals surface area contributed by atoms with E-state index >= 15 is 0 Å². The molecule has 0 saturated heterocycles. The fourth-order valence-electron chi connectivity index (χ4n) is 2.92. The third-order valence-corrected chi connectivity index (χ3v) is 4.99. The van der Waals surface area contributed by atoms with Gasteiger partial charge in [-0.1, -0.05) is 55.0 Å². The van der Waals surface area contributed by atoms with Gasteiger partial charge in [-0.2, -0.15) is 4.57 Å². The first kappa shape index (κ1) is 20.1. The maximum absolute atomic E-state index is 11.1. The highest BCUT2D eigenvalue weighted by atomic mass is 35.5. The van der Waals surface area contributed by atoms with Gasteiger partial charge >= 0.3 is 0 Å². The van der Waals surface area contributed by atoms with Crippen LogP contribution in [0.4, 0.5) is 5.69 Å². The largest absolute Gasteiger partial charge is 0.502 e. The number of hydrogen-bond acceptors (Lipinski definition) is 2. The number of nitrogens with one attached hydrogen (secondary N) is 1. The number of aromatic nitrogens is 1. The fraction of sp³-hybridized carbons (Fsp3) is 0.130. The summed E-state index contributed by atoms with van der Waals surface area (Å²) in [6.45, 7) is 4.09. The first-order chi connectivity index (χ1) is 13.5. The molecule has 0 spiro atoms. The van der Waals surface area contributed by atoms with Crippen molar-refractivity contribution < 1.29 is 9.67 Å². The lowest BCUT2D eigenvalue weighted by Crippen LogP contribution is -2.38. The van der Waals surface area contributed by atoms with Crippen LogP contribution in [0.3, 0.4) is 0 Å². The minimum Gasteiger partial charge on any atom is -0.502 e. The van der Waals surface area contributed by atoms with Crippen molar-refractivity contribution in [3.05, 3.63) is 94.8 Å². The highest BCUT2D eigenvalue weighted by molar-refractivity contribution is 7.81. The molecule has 0 atom stereocenters. The Labute approximate surface area is 175 Å². The predicted octanol–water partition coefficient (Wildman–Crippen LogP) is 5.82. The van der Waals surface area contributed by atoms with Gasteiger partial charge in [0.25, 0.3) is 5.70 Å². The Balaban J connectivity index is 2.09. The lowest BCUT2D eigenvalue weighted by atomic mass is 10.1. The van der Waals surface area contributed by atoms with E-state index in [2.05, 4.69) is 24.4 Å². The van der Waals surface area contributed by atoms with E-state index in [0.717, 1.165) is 17.7 Å². The second-order valence-corrected chi connectivity index (χ2v) is 7.29. The molecule has 28 heavy (non-hydrogen) atoms. The molecule has 0 aliphatic carbocycles. The lowest BCUT2D eigenvalue weighted by molar-refractivity contribution is -0.576. The van der Waals surface area contributed by atoms with Crippen molar-refractivity contribution >= 4 is 46.0 Å². The van der Waals surface area contributed by atoms with E-state index in [0.29, 0.717) is 21.3 Å². The zero-order valence-electron chi connectivity index (χ0n) is 15.8. The third kappa shape index (κ3) is 4.58. The van der Waals surface area contributed by atoms with E-state index in [1.54, 1.807) is 12.1 Å². The van der Waals surface area contributed by atoms with Crippen LogP contribution in [0.15, 0.2) is 73.1 Å². The smallest absolute Gasteiger partial charge is 0.288 e. The molecule has 1 heterocycles. The summed E-state index contributed by atoms with van der Waals surface area (Å²) in [6.07, 6.45) is 4.70. The molecule has 2 N–H and O–H groups in total. The van der Waals surface area contributed by atoms with Crippen LogP contribution in [0, 0.1) is 6.92 Å². The molecule has 3 nitrogen and oxygen atoms in total. The number of pyridine rings is 1. The van der Waals surface area contributed by atoms with E-state index < -0.39 is 0 Å². The molecule has 0 radical (unpaired) electrons. The van der Waals surface area contributed by atoms with Crippen molar-refractivity contribution in [2.75, 3.05) is 5.32 Å². The summed E-state index contributed by atoms with van der Waals surface area (Å²) >= 11 is 12.0. The van der Waals surface area contributed by atoms with Crippen molar-refractivity contribution in [3.63, 3.8) is 0 Å². The molecule has 0 saturated carbocycles. The topological polar surface area (TPSA) is 36.1 Å². The molecule has 0 bridgehead atoms. The maximum atomic E-state index is 11.1. The van der Waals surface area contributed by atoms with E-state index in [-0.39, 0.29) is 5.76 Å². The maximum Gasteiger partial charge on any atom is 0.288 e. The average Bonchev–Trinajstić information content (AvgIpc) is 2.68. The van der Waals surface area contributed by atoms with Gasteiger partial charge in [-0.25, -0.2) is 0 Å². The van der Waals surface area contributed by atoms with Crippen LogP contribution in [-0.2, 0) is 6.42 Å². The second-order valence-electron chi connectivity index (χ2n) is 6.47. The number of aryl methyl sites for hydroxylation is 2. The standard InChI is InChI=1S/C23H21ClN2OS/c1-3-17-9-6-10-18(14-17)25-23(28)21(26-13-7-8-16(2)15-26)22(27)19-11-4-5-12-20(19)24/h4-15H,3H2,1-2H3,(H-,25,27,28)/p+1. The molecule has 0 amide bonds. The number of halogens is 1. The number of rotatable bonds is 5. The van der Waals surface area contributed by atoms with Gasteiger partial charge in [0.15, 0.2) is 17.4 Å². The zero-order valence-corrected chi connectivity index (χ0v) is 17.4. The Bertz CT molecular complexity index is 1050. The summed E-state index contributed by atoms with van der Waals surface area (Å²) in [5.41, 5.74) is 4.12. The normalized spacial score (nSPS) is 11.7. The van der Waals surface area contributed by atoms with Crippen molar-refractivity contribution in [1.82, 2.24) is 0 Å². The number of benzene rings is 2. The molecule has 2 aromatic carbocycles. The predicted molar refractivity (Wildman–Crippen MR) is 121 cm³/mol. The zero-order chi connectivity index (χ0) is 20.1. The minimum atomic E-state index is 0.0188. The number of thiocarbonyl (C=S) groups is 1. The monoisotopic (exact) mass is 409 g/mol. The summed E-state index contributed by atoms with van der Waals surface area (Å²) < 4.78 is 1.81. The van der Waals surface area contributed by atoms with E-state index in [1.165, 1.54) is 5.56 Å². The van der Waals surface area contributed by atoms with E-state index in [9.17, 15) is 5.11 Å². The highest BCUT2D eigenvalue weighted by Gasteiger charge is 2.25. The summed E-state index contributed by atoms with van der Waals surface area (Å²) in [4.78, 5) is 0.404. The van der Waals surface area contributed by atoms with Gasteiger partial charge in [-0.05, 0) is 49.2 Å². The number of aliphatic hydroxyl groups excluding tert-OH is 1. The molecule has 142 valence electrons. The molecular formula is C23H22ClN2OS+. The highest BCUT2D eigenvalue weighted by Crippen LogP contribution is 2.25. The quantitative estimate of drug-likeness (QED) is 0.241. The van der Waals surface area contributed by atoms with Gasteiger partial charge in [-0.15, -0.1) is 0 Å². The van der Waals surface area contributed by atoms with Crippen LogP contribution < -0.4 is 9.88 Å². The molecule has 1 aromatic heterocycles. The van der Waals surface area contributed by atoms with E-state index in [1.807, 2.05) is 60.3 Å². The fourth-order valence-corrected chi connectivity index (χ4v) is 3.46. The summed E-state index contributed by atoms with van der Waals surface area (Å²) in [5, 5.41) is 14.8. The van der Waals surface area contributed by atoms with Crippen LogP contribution in [0.1, 0.15) is 23.6 Å². The summed E-state index contributed by atoms with van der Waals surface area (Å²) in [7, 11) is 0. The Kier molecular flexibility index (Phi) is 6.45. The molecule has 3 aromatic rings. The molecule has 0 fully saturated rings. The van der Waals surface area contributed by atoms with Crippen LogP contribution in [0.5, 0.6) is 0 Å². The summed E-state index contributed by atoms with van der Waals surface area (Å²) in [6, 6.07) is 19.1. The SMILES string of the molecule is CCc1cccc(NC(=S)/C(=C(/O)c2ccccc2Cl)[n+]2cccc(C)c2)c1. The Hall–Kier alpha value is -2.69. The van der Waals surface area contributed by atoms with Gasteiger partial charge in [0.2, 0.25) is 5.76 Å². The molecule has 0 aliphatic rings. The number of hydrogen-bond donors (Lipinski definition) is 2. The Morgan fingerprint density at radius 2 is 1.89 bits per heavy atom. The number of nitrogens with zero attached hydrogens (tertiary/aromatic N) is 1. The first-order valence-electron chi connectivity index (χ1n) is 9.06. The van der Waals surface area contributed by atoms with Crippen LogP contribution >= 0.6 is 23.8 Å². The average molecular weight is 410 g/mol. The van der Waals surface area contributed by atoms with Gasteiger partial charge in [0, 0.05) is 22.9 Å². The second kappa shape index (κ2) is 9.00. The number of aliphatic hydroxyl groups is 1. The molecular weight excluding hydrogens is 388 g/mol. The molecule has 0 unspecified atom stereocenters. The van der Waals surface area contributed by atoms with Crippen LogP contribution in [0.2, 0.25) is 5.02 Å². The number of anilines is 1. The Morgan fingerprint density at radius 1 is 1.11 bits per heavy atom. The van der Waals surface area contributed by atoms with Crippen molar-refractivity contribution in [2.24, 2.45) is 0 Å². The Morgan fingerprint density at radius 3 is 2.61 bits per heavy atom. The van der Waals surface area contributed by atoms with Crippen LogP contribution in [0.25, 0.3) is 11.5 Å². The third-order valence-electron chi connectivity index (χ3n) is 4.37. The summed E-state index contributed by atoms with van der Waals surface area (Å²) in [5.74, 6) is 0.0188. The van der Waals surface area contributed by atoms with Gasteiger partial charge in [0.05, 0.1) is 5.02 Å². The van der Waals surface area contributed by atoms with E-state index in [4.69, 9.17) is 23.8 Å². The van der Waals surface area contributed by atoms with Gasteiger partial charge < -0.3 is 10.4 Å². The van der Waals surface area contributed by atoms with Gasteiger partial charge in [-0.3, -0.25) is 0 Å². The van der Waals surface area contributed by atoms with Gasteiger partial charge in [0.1, 0.15) is 0 Å². The van der Waals surface area contributed by atoms with Crippen molar-refractivity contribution in [1.29, 1.82) is 0 Å². The molecule has 3 rings (SSSR count). The lowest BCUT2D eigenvalue weighted by Gasteiger charge is -2.12. The van der Waals surface area contributed by atoms with Crippen LogP contribution in [-0.4, -0.2) is 10.1 Å². The molecule has 5 heteroatoms. The van der Waals surface area contributed by atoms with Crippen molar-refractivity contribution in [2.45, 2.75) is 20.3 Å². The first-order valence-corrected chi connectivity index (χ1v) is 9.85.